The first-order chi connectivity index (χ1) is 9.74. The number of imide groups is 1. The molecular weight excluding hydrogens is 288 g/mol. The number of hydrogen-bond acceptors (Lipinski definition) is 5. The Balaban J connectivity index is 2.38. The average molecular weight is 308 g/mol. The second kappa shape index (κ2) is 5.65. The second-order valence-corrected chi connectivity index (χ2v) is 6.97. The molecule has 0 aliphatic carbocycles. The lowest BCUT2D eigenvalue weighted by Crippen LogP contribution is -2.33. The summed E-state index contributed by atoms with van der Waals surface area (Å²) in [6.45, 7) is 6.71. The Morgan fingerprint density at radius 3 is 2.62 bits per heavy atom. The van der Waals surface area contributed by atoms with Crippen molar-refractivity contribution in [3.63, 3.8) is 0 Å². The first-order valence-electron chi connectivity index (χ1n) is 6.73. The molecule has 1 aromatic rings. The number of nitrogens with two attached hydrogens (primary N) is 1. The van der Waals surface area contributed by atoms with E-state index in [0.29, 0.717) is 4.91 Å². The first-order valence-corrected chi connectivity index (χ1v) is 7.55. The highest BCUT2D eigenvalue weighted by atomic mass is 32.2. The zero-order valence-electron chi connectivity index (χ0n) is 12.7. The van der Waals surface area contributed by atoms with E-state index in [2.05, 4.69) is 25.9 Å². The van der Waals surface area contributed by atoms with Gasteiger partial charge in [-0.15, -0.1) is 0 Å². The highest BCUT2D eigenvalue weighted by Crippen LogP contribution is 2.34. The van der Waals surface area contributed by atoms with E-state index >= 15 is 0 Å². The smallest absolute Gasteiger partial charge is 0.293 e. The van der Waals surface area contributed by atoms with Gasteiger partial charge in [0, 0.05) is 37.3 Å². The Bertz CT molecular complexity index is 613. The van der Waals surface area contributed by atoms with Crippen LogP contribution in [0, 0.1) is 0 Å². The first kappa shape index (κ1) is 15.8. The molecule has 0 aromatic carbocycles. The highest BCUT2D eigenvalue weighted by molar-refractivity contribution is 8.18. The average Bonchev–Trinajstić information content (AvgIpc) is 2.85. The largest absolute Gasteiger partial charge is 0.329 e. The van der Waals surface area contributed by atoms with Gasteiger partial charge in [0.15, 0.2) is 0 Å². The van der Waals surface area contributed by atoms with Crippen molar-refractivity contribution in [2.45, 2.75) is 26.2 Å². The van der Waals surface area contributed by atoms with Gasteiger partial charge in [-0.25, -0.2) is 0 Å². The molecule has 1 aliphatic heterocycles. The molecule has 1 aliphatic rings. The Morgan fingerprint density at radius 2 is 2.05 bits per heavy atom. The van der Waals surface area contributed by atoms with E-state index in [-0.39, 0.29) is 29.7 Å². The molecule has 0 saturated carbocycles. The van der Waals surface area contributed by atoms with Gasteiger partial charge in [-0.3, -0.25) is 19.2 Å². The lowest BCUT2D eigenvalue weighted by molar-refractivity contribution is -0.122. The van der Waals surface area contributed by atoms with Crippen molar-refractivity contribution >= 4 is 29.0 Å². The summed E-state index contributed by atoms with van der Waals surface area (Å²) in [5.41, 5.74) is 7.05. The molecule has 7 heteroatoms. The summed E-state index contributed by atoms with van der Waals surface area (Å²) in [6, 6.07) is 0. The molecule has 2 heterocycles. The van der Waals surface area contributed by atoms with E-state index in [9.17, 15) is 9.59 Å². The van der Waals surface area contributed by atoms with Crippen LogP contribution in [-0.4, -0.2) is 38.9 Å². The number of carbonyl (C=O) groups excluding carboxylic acids is 2. The van der Waals surface area contributed by atoms with Crippen molar-refractivity contribution in [2.75, 3.05) is 13.1 Å². The van der Waals surface area contributed by atoms with Gasteiger partial charge in [0.05, 0.1) is 10.6 Å². The van der Waals surface area contributed by atoms with Crippen LogP contribution in [0.4, 0.5) is 4.79 Å². The predicted octanol–water partition coefficient (Wildman–Crippen LogP) is 1.71. The van der Waals surface area contributed by atoms with Crippen LogP contribution in [0.1, 0.15) is 32.0 Å². The van der Waals surface area contributed by atoms with E-state index in [4.69, 9.17) is 5.73 Å². The number of rotatable bonds is 3. The number of carbonyl (C=O) groups is 2. The Hall–Kier alpha value is -1.60. The van der Waals surface area contributed by atoms with Gasteiger partial charge in [-0.2, -0.15) is 5.10 Å². The molecule has 2 rings (SSSR count). The molecule has 21 heavy (non-hydrogen) atoms. The van der Waals surface area contributed by atoms with Crippen LogP contribution in [0.25, 0.3) is 6.08 Å². The maximum Gasteiger partial charge on any atom is 0.293 e. The molecule has 2 amide bonds. The summed E-state index contributed by atoms with van der Waals surface area (Å²) < 4.78 is 1.72. The molecule has 0 bridgehead atoms. The number of hydrogen-bond donors (Lipinski definition) is 1. The summed E-state index contributed by atoms with van der Waals surface area (Å²) >= 11 is 0.951. The molecule has 0 radical (unpaired) electrons. The third kappa shape index (κ3) is 3.19. The lowest BCUT2D eigenvalue weighted by Gasteiger charge is -2.16. The van der Waals surface area contributed by atoms with E-state index < -0.39 is 0 Å². The zero-order chi connectivity index (χ0) is 15.8. The monoisotopic (exact) mass is 308 g/mol. The molecule has 6 nitrogen and oxygen atoms in total. The second-order valence-electron chi connectivity index (χ2n) is 5.98. The van der Waals surface area contributed by atoms with E-state index in [0.717, 1.165) is 23.0 Å². The van der Waals surface area contributed by atoms with Gasteiger partial charge in [0.2, 0.25) is 0 Å². The minimum Gasteiger partial charge on any atom is -0.329 e. The van der Waals surface area contributed by atoms with Gasteiger partial charge in [-0.05, 0) is 17.8 Å². The molecule has 1 fully saturated rings. The standard InChI is InChI=1S/C14H20N4O2S/c1-14(2,3)11-9(8-17(4)16-11)7-10-12(19)18(6-5-15)13(20)21-10/h7-8H,5-6,15H2,1-4H3/b10-7+. The van der Waals surface area contributed by atoms with Gasteiger partial charge < -0.3 is 5.73 Å². The van der Waals surface area contributed by atoms with Crippen molar-refractivity contribution in [3.8, 4) is 0 Å². The maximum atomic E-state index is 12.2. The Labute approximate surface area is 128 Å². The number of nitrogens with zero attached hydrogens (tertiary/aromatic N) is 3. The fourth-order valence-electron chi connectivity index (χ4n) is 2.16. The molecule has 0 atom stereocenters. The summed E-state index contributed by atoms with van der Waals surface area (Å²) in [5.74, 6) is -0.279. The van der Waals surface area contributed by atoms with Crippen molar-refractivity contribution in [2.24, 2.45) is 12.8 Å². The predicted molar refractivity (Wildman–Crippen MR) is 83.6 cm³/mol. The topological polar surface area (TPSA) is 81.2 Å². The zero-order valence-corrected chi connectivity index (χ0v) is 13.5. The van der Waals surface area contributed by atoms with Crippen molar-refractivity contribution in [3.05, 3.63) is 22.4 Å². The molecule has 2 N–H and O–H groups in total. The van der Waals surface area contributed by atoms with Crippen LogP contribution >= 0.6 is 11.8 Å². The fourth-order valence-corrected chi connectivity index (χ4v) is 3.01. The van der Waals surface area contributed by atoms with Crippen LogP contribution in [-0.2, 0) is 17.3 Å². The summed E-state index contributed by atoms with van der Waals surface area (Å²) in [6.07, 6.45) is 3.60. The van der Waals surface area contributed by atoms with Crippen LogP contribution in [0.3, 0.4) is 0 Å². The normalized spacial score (nSPS) is 18.1. The highest BCUT2D eigenvalue weighted by Gasteiger charge is 2.35. The molecular formula is C14H20N4O2S. The van der Waals surface area contributed by atoms with Gasteiger partial charge >= 0.3 is 0 Å². The number of amides is 2. The number of aryl methyl sites for hydroxylation is 1. The third-order valence-electron chi connectivity index (χ3n) is 3.08. The lowest BCUT2D eigenvalue weighted by atomic mass is 9.89. The van der Waals surface area contributed by atoms with E-state index in [1.807, 2.05) is 13.2 Å². The molecule has 1 saturated heterocycles. The van der Waals surface area contributed by atoms with Crippen molar-refractivity contribution < 1.29 is 9.59 Å². The van der Waals surface area contributed by atoms with Crippen molar-refractivity contribution in [1.29, 1.82) is 0 Å². The Morgan fingerprint density at radius 1 is 1.38 bits per heavy atom. The maximum absolute atomic E-state index is 12.2. The van der Waals surface area contributed by atoms with Crippen LogP contribution in [0.2, 0.25) is 0 Å². The number of aromatic nitrogens is 2. The SMILES string of the molecule is Cn1cc(/C=C2/SC(=O)N(CCN)C2=O)c(C(C)(C)C)n1. The van der Waals surface area contributed by atoms with E-state index in [1.54, 1.807) is 10.8 Å². The molecule has 1 aromatic heterocycles. The minimum atomic E-state index is -0.279. The van der Waals surface area contributed by atoms with Gasteiger partial charge in [0.1, 0.15) is 0 Å². The minimum absolute atomic E-state index is 0.138. The third-order valence-corrected chi connectivity index (χ3v) is 3.99. The van der Waals surface area contributed by atoms with Gasteiger partial charge in [0.25, 0.3) is 11.1 Å². The van der Waals surface area contributed by atoms with Crippen LogP contribution in [0.5, 0.6) is 0 Å². The summed E-state index contributed by atoms with van der Waals surface area (Å²) in [7, 11) is 1.84. The molecule has 0 unspecified atom stereocenters. The quantitative estimate of drug-likeness (QED) is 0.860. The Kier molecular flexibility index (Phi) is 4.25. The molecule has 114 valence electrons. The van der Waals surface area contributed by atoms with Gasteiger partial charge in [-0.1, -0.05) is 20.8 Å². The summed E-state index contributed by atoms with van der Waals surface area (Å²) in [4.78, 5) is 25.6. The fraction of sp³-hybridized carbons (Fsp3) is 0.500. The molecule has 0 spiro atoms. The summed E-state index contributed by atoms with van der Waals surface area (Å²) in [5, 5.41) is 4.19. The van der Waals surface area contributed by atoms with Crippen LogP contribution in [0.15, 0.2) is 11.1 Å². The van der Waals surface area contributed by atoms with Crippen LogP contribution < -0.4 is 5.73 Å². The van der Waals surface area contributed by atoms with E-state index in [1.165, 1.54) is 4.90 Å². The number of thioether (sulfide) groups is 1. The van der Waals surface area contributed by atoms with Crippen molar-refractivity contribution in [1.82, 2.24) is 14.7 Å².